The molecule has 0 fully saturated rings. The van der Waals surface area contributed by atoms with Crippen LogP contribution >= 0.6 is 0 Å². The van der Waals surface area contributed by atoms with Gasteiger partial charge in [0.1, 0.15) is 5.75 Å². The second-order valence-electron chi connectivity index (χ2n) is 4.90. The van der Waals surface area contributed by atoms with Crippen LogP contribution < -0.4 is 15.8 Å². The summed E-state index contributed by atoms with van der Waals surface area (Å²) >= 11 is 0. The molecule has 22 heavy (non-hydrogen) atoms. The number of fused-ring (bicyclic) bond motifs is 1. The van der Waals surface area contributed by atoms with Crippen LogP contribution in [0.1, 0.15) is 18.4 Å². The number of benzene rings is 1. The number of ether oxygens (including phenoxy) is 1. The highest BCUT2D eigenvalue weighted by atomic mass is 16.5. The van der Waals surface area contributed by atoms with Gasteiger partial charge in [0.15, 0.2) is 0 Å². The number of carbonyl (C=O) groups is 2. The van der Waals surface area contributed by atoms with Crippen LogP contribution in [-0.2, 0) is 16.0 Å². The summed E-state index contributed by atoms with van der Waals surface area (Å²) in [5, 5.41) is 12.2. The van der Waals surface area contributed by atoms with Crippen molar-refractivity contribution in [3.05, 3.63) is 23.9 Å². The molecule has 1 heterocycles. The molecule has 0 atom stereocenters. The van der Waals surface area contributed by atoms with E-state index in [2.05, 4.69) is 10.3 Å². The number of carboxylic acid groups (broad SMARTS) is 1. The zero-order valence-corrected chi connectivity index (χ0v) is 12.3. The summed E-state index contributed by atoms with van der Waals surface area (Å²) in [6.45, 7) is 0.518. The molecule has 0 aliphatic carbocycles. The van der Waals surface area contributed by atoms with Gasteiger partial charge in [-0.3, -0.25) is 9.59 Å². The van der Waals surface area contributed by atoms with Crippen LogP contribution in [0.15, 0.2) is 18.3 Å². The molecule has 0 bridgehead atoms. The Morgan fingerprint density at radius 3 is 2.77 bits per heavy atom. The first-order valence-electron chi connectivity index (χ1n) is 6.95. The van der Waals surface area contributed by atoms with Gasteiger partial charge in [-0.2, -0.15) is 0 Å². The number of nitrogens with one attached hydrogen (secondary N) is 2. The van der Waals surface area contributed by atoms with Gasteiger partial charge in [-0.25, -0.2) is 0 Å². The smallest absolute Gasteiger partial charge is 0.303 e. The molecule has 2 aromatic rings. The van der Waals surface area contributed by atoms with E-state index in [9.17, 15) is 9.59 Å². The maximum atomic E-state index is 11.8. The number of hydrogen-bond donors (Lipinski definition) is 4. The molecule has 1 aromatic heterocycles. The number of H-pyrrole nitrogens is 1. The molecule has 1 aromatic carbocycles. The van der Waals surface area contributed by atoms with E-state index in [0.717, 1.165) is 16.5 Å². The molecule has 7 nitrogen and oxygen atoms in total. The average molecular weight is 305 g/mol. The number of aromatic amines is 1. The number of methoxy groups -OCH3 is 1. The van der Waals surface area contributed by atoms with Gasteiger partial charge in [-0.1, -0.05) is 0 Å². The predicted molar refractivity (Wildman–Crippen MR) is 83.1 cm³/mol. The van der Waals surface area contributed by atoms with E-state index >= 15 is 0 Å². The normalized spacial score (nSPS) is 10.6. The van der Waals surface area contributed by atoms with Crippen molar-refractivity contribution in [2.24, 2.45) is 5.73 Å². The molecular formula is C15H19N3O4. The van der Waals surface area contributed by atoms with E-state index in [1.54, 1.807) is 13.2 Å². The zero-order chi connectivity index (χ0) is 16.1. The van der Waals surface area contributed by atoms with Crippen molar-refractivity contribution in [3.63, 3.8) is 0 Å². The molecule has 5 N–H and O–H groups in total. The summed E-state index contributed by atoms with van der Waals surface area (Å²) in [5.41, 5.74) is 8.05. The lowest BCUT2D eigenvalue weighted by atomic mass is 10.1. The van der Waals surface area contributed by atoms with Crippen LogP contribution in [0.2, 0.25) is 0 Å². The van der Waals surface area contributed by atoms with E-state index in [-0.39, 0.29) is 18.7 Å². The number of aromatic nitrogens is 1. The highest BCUT2D eigenvalue weighted by Crippen LogP contribution is 2.31. The van der Waals surface area contributed by atoms with Crippen molar-refractivity contribution in [3.8, 4) is 5.75 Å². The number of anilines is 1. The monoisotopic (exact) mass is 305 g/mol. The Morgan fingerprint density at radius 2 is 2.14 bits per heavy atom. The van der Waals surface area contributed by atoms with Gasteiger partial charge in [0.25, 0.3) is 0 Å². The summed E-state index contributed by atoms with van der Waals surface area (Å²) in [5.74, 6) is -0.743. The van der Waals surface area contributed by atoms with Crippen LogP contribution in [0.25, 0.3) is 10.9 Å². The van der Waals surface area contributed by atoms with E-state index in [4.69, 9.17) is 15.6 Å². The van der Waals surface area contributed by atoms with Crippen LogP contribution in [-0.4, -0.2) is 35.6 Å². The lowest BCUT2D eigenvalue weighted by Gasteiger charge is -2.09. The number of carbonyl (C=O) groups excluding carboxylic acids is 1. The molecule has 2 rings (SSSR count). The standard InChI is InChI=1S/C15H19N3O4/c1-22-12-7-10(18-13(19)2-3-14(20)21)6-11-9(4-5-16)8-17-15(11)12/h6-8,17H,2-5,16H2,1H3,(H,18,19)(H,20,21). The molecule has 118 valence electrons. The number of nitrogens with two attached hydrogens (primary N) is 1. The van der Waals surface area contributed by atoms with Gasteiger partial charge >= 0.3 is 5.97 Å². The Labute approximate surface area is 127 Å². The number of aliphatic carboxylic acids is 1. The second-order valence-corrected chi connectivity index (χ2v) is 4.90. The molecule has 0 aliphatic heterocycles. The minimum absolute atomic E-state index is 0.0710. The first-order valence-corrected chi connectivity index (χ1v) is 6.95. The molecule has 0 saturated heterocycles. The molecule has 0 saturated carbocycles. The Bertz CT molecular complexity index is 693. The highest BCUT2D eigenvalue weighted by Gasteiger charge is 2.12. The summed E-state index contributed by atoms with van der Waals surface area (Å²) in [6.07, 6.45) is 2.31. The lowest BCUT2D eigenvalue weighted by molar-refractivity contribution is -0.138. The van der Waals surface area contributed by atoms with Crippen LogP contribution in [0.4, 0.5) is 5.69 Å². The van der Waals surface area contributed by atoms with Crippen LogP contribution in [0, 0.1) is 0 Å². The first-order chi connectivity index (χ1) is 10.5. The van der Waals surface area contributed by atoms with Crippen molar-refractivity contribution < 1.29 is 19.4 Å². The molecular weight excluding hydrogens is 286 g/mol. The Kier molecular flexibility index (Phi) is 5.00. The van der Waals surface area contributed by atoms with Crippen molar-refractivity contribution in [1.82, 2.24) is 4.98 Å². The predicted octanol–water partition coefficient (Wildman–Crippen LogP) is 1.48. The summed E-state index contributed by atoms with van der Waals surface area (Å²) in [7, 11) is 1.55. The van der Waals surface area contributed by atoms with Gasteiger partial charge < -0.3 is 25.9 Å². The van der Waals surface area contributed by atoms with Crippen molar-refractivity contribution in [2.75, 3.05) is 19.0 Å². The molecule has 7 heteroatoms. The minimum Gasteiger partial charge on any atom is -0.494 e. The van der Waals surface area contributed by atoms with E-state index < -0.39 is 5.97 Å². The van der Waals surface area contributed by atoms with Crippen molar-refractivity contribution >= 4 is 28.5 Å². The molecule has 1 amide bonds. The topological polar surface area (TPSA) is 117 Å². The Hall–Kier alpha value is -2.54. The van der Waals surface area contributed by atoms with Crippen LogP contribution in [0.3, 0.4) is 0 Å². The van der Waals surface area contributed by atoms with Crippen molar-refractivity contribution in [2.45, 2.75) is 19.3 Å². The van der Waals surface area contributed by atoms with Gasteiger partial charge in [-0.15, -0.1) is 0 Å². The number of carboxylic acids is 1. The third kappa shape index (κ3) is 3.56. The van der Waals surface area contributed by atoms with E-state index in [1.165, 1.54) is 0 Å². The number of hydrogen-bond acceptors (Lipinski definition) is 4. The second kappa shape index (κ2) is 6.95. The quantitative estimate of drug-likeness (QED) is 0.618. The van der Waals surface area contributed by atoms with Gasteiger partial charge in [-0.05, 0) is 24.6 Å². The van der Waals surface area contributed by atoms with Crippen molar-refractivity contribution in [1.29, 1.82) is 0 Å². The maximum Gasteiger partial charge on any atom is 0.303 e. The molecule has 0 aliphatic rings. The fourth-order valence-corrected chi connectivity index (χ4v) is 2.29. The fourth-order valence-electron chi connectivity index (χ4n) is 2.29. The summed E-state index contributed by atoms with van der Waals surface area (Å²) in [6, 6.07) is 3.53. The van der Waals surface area contributed by atoms with Gasteiger partial charge in [0, 0.05) is 29.8 Å². The molecule has 0 unspecified atom stereocenters. The maximum absolute atomic E-state index is 11.8. The number of amides is 1. The van der Waals surface area contributed by atoms with Crippen LogP contribution in [0.5, 0.6) is 5.75 Å². The lowest BCUT2D eigenvalue weighted by Crippen LogP contribution is -2.13. The van der Waals surface area contributed by atoms with E-state index in [1.807, 2.05) is 12.3 Å². The Morgan fingerprint density at radius 1 is 1.36 bits per heavy atom. The SMILES string of the molecule is COc1cc(NC(=O)CCC(=O)O)cc2c(CCN)c[nH]c12. The third-order valence-electron chi connectivity index (χ3n) is 3.32. The van der Waals surface area contributed by atoms with E-state index in [0.29, 0.717) is 24.4 Å². The third-order valence-corrected chi connectivity index (χ3v) is 3.32. The van der Waals surface area contributed by atoms with Gasteiger partial charge in [0.05, 0.1) is 19.0 Å². The number of rotatable bonds is 7. The zero-order valence-electron chi connectivity index (χ0n) is 12.3. The fraction of sp³-hybridized carbons (Fsp3) is 0.333. The average Bonchev–Trinajstić information content (AvgIpc) is 2.88. The molecule has 0 radical (unpaired) electrons. The minimum atomic E-state index is -1.00. The largest absolute Gasteiger partial charge is 0.494 e. The molecule has 0 spiro atoms. The summed E-state index contributed by atoms with van der Waals surface area (Å²) < 4.78 is 5.33. The Balaban J connectivity index is 2.27. The van der Waals surface area contributed by atoms with Gasteiger partial charge in [0.2, 0.25) is 5.91 Å². The first kappa shape index (κ1) is 15.8. The highest BCUT2D eigenvalue weighted by molar-refractivity contribution is 5.97. The summed E-state index contributed by atoms with van der Waals surface area (Å²) in [4.78, 5) is 25.4.